The summed E-state index contributed by atoms with van der Waals surface area (Å²) in [5.41, 5.74) is -2.16. The Bertz CT molecular complexity index is 441. The first-order valence-corrected chi connectivity index (χ1v) is 10.8. The van der Waals surface area contributed by atoms with Crippen LogP contribution < -0.4 is 0 Å². The van der Waals surface area contributed by atoms with Crippen LogP contribution in [-0.2, 0) is 9.59 Å². The molecule has 0 aromatic rings. The van der Waals surface area contributed by atoms with E-state index in [2.05, 4.69) is 13.8 Å². The highest BCUT2D eigenvalue weighted by Gasteiger charge is 2.60. The number of carboxylic acids is 2. The standard InChI is InChI=1S/C22H40O4/c1-4-14-21(19(23)24)16-11-12-17-22(21,20(25)26)15-10-8-6-5-7-9-13-18(2)3/h18H,4-17H2,1-3H3,(H,23,24)(H,25,26). The zero-order chi connectivity index (χ0) is 19.6. The maximum atomic E-state index is 12.3. The fraction of sp³-hybridized carbons (Fsp3) is 0.909. The van der Waals surface area contributed by atoms with Crippen molar-refractivity contribution < 1.29 is 19.8 Å². The van der Waals surface area contributed by atoms with Crippen molar-refractivity contribution in [1.82, 2.24) is 0 Å². The van der Waals surface area contributed by atoms with Gasteiger partial charge in [0.05, 0.1) is 10.8 Å². The van der Waals surface area contributed by atoms with Gasteiger partial charge in [0, 0.05) is 0 Å². The van der Waals surface area contributed by atoms with E-state index < -0.39 is 22.8 Å². The van der Waals surface area contributed by atoms with Crippen LogP contribution in [-0.4, -0.2) is 22.2 Å². The zero-order valence-corrected chi connectivity index (χ0v) is 17.2. The molecule has 0 aromatic carbocycles. The van der Waals surface area contributed by atoms with Gasteiger partial charge in [-0.1, -0.05) is 85.0 Å². The Morgan fingerprint density at radius 1 is 0.808 bits per heavy atom. The molecule has 1 fully saturated rings. The lowest BCUT2D eigenvalue weighted by Gasteiger charge is -2.48. The lowest BCUT2D eigenvalue weighted by molar-refractivity contribution is -0.182. The van der Waals surface area contributed by atoms with Crippen LogP contribution in [0.25, 0.3) is 0 Å². The first-order valence-electron chi connectivity index (χ1n) is 10.8. The summed E-state index contributed by atoms with van der Waals surface area (Å²) >= 11 is 0. The van der Waals surface area contributed by atoms with Gasteiger partial charge in [-0.15, -0.1) is 0 Å². The maximum Gasteiger partial charge on any atom is 0.310 e. The first-order chi connectivity index (χ1) is 12.3. The molecule has 1 saturated carbocycles. The van der Waals surface area contributed by atoms with Gasteiger partial charge in [0.15, 0.2) is 0 Å². The summed E-state index contributed by atoms with van der Waals surface area (Å²) in [7, 11) is 0. The van der Waals surface area contributed by atoms with Crippen molar-refractivity contribution in [1.29, 1.82) is 0 Å². The molecule has 0 aliphatic heterocycles. The molecule has 4 nitrogen and oxygen atoms in total. The normalized spacial score (nSPS) is 26.2. The summed E-state index contributed by atoms with van der Waals surface area (Å²) in [5, 5.41) is 20.0. The van der Waals surface area contributed by atoms with Crippen molar-refractivity contribution in [2.45, 2.75) is 111 Å². The minimum absolute atomic E-state index is 0.476. The minimum atomic E-state index is -1.08. The second-order valence-electron chi connectivity index (χ2n) is 8.79. The van der Waals surface area contributed by atoms with Crippen LogP contribution in [0, 0.1) is 16.7 Å². The molecule has 0 radical (unpaired) electrons. The van der Waals surface area contributed by atoms with Crippen LogP contribution in [0.3, 0.4) is 0 Å². The molecule has 1 aliphatic rings. The molecular formula is C22H40O4. The fourth-order valence-corrected chi connectivity index (χ4v) is 5.01. The molecule has 0 amide bonds. The minimum Gasteiger partial charge on any atom is -0.481 e. The Kier molecular flexibility index (Phi) is 9.67. The number of hydrogen-bond acceptors (Lipinski definition) is 2. The molecule has 2 N–H and O–H groups in total. The third-order valence-electron chi connectivity index (χ3n) is 6.50. The SMILES string of the molecule is CCCC1(C(=O)O)CCCCC1(CCCCCCCCC(C)C)C(=O)O. The molecule has 2 unspecified atom stereocenters. The predicted molar refractivity (Wildman–Crippen MR) is 105 cm³/mol. The Morgan fingerprint density at radius 3 is 1.73 bits per heavy atom. The van der Waals surface area contributed by atoms with Crippen LogP contribution in [0.15, 0.2) is 0 Å². The Labute approximate surface area is 159 Å². The number of aliphatic carboxylic acids is 2. The van der Waals surface area contributed by atoms with E-state index in [1.165, 1.54) is 25.7 Å². The number of rotatable bonds is 13. The summed E-state index contributed by atoms with van der Waals surface area (Å²) in [6.45, 7) is 6.46. The van der Waals surface area contributed by atoms with E-state index in [1.807, 2.05) is 6.92 Å². The number of hydrogen-bond donors (Lipinski definition) is 2. The molecule has 1 aliphatic carbocycles. The lowest BCUT2D eigenvalue weighted by atomic mass is 9.52. The molecular weight excluding hydrogens is 328 g/mol. The third-order valence-corrected chi connectivity index (χ3v) is 6.50. The molecule has 0 bridgehead atoms. The van der Waals surface area contributed by atoms with Crippen molar-refractivity contribution in [2.24, 2.45) is 16.7 Å². The van der Waals surface area contributed by atoms with Gasteiger partial charge in [0.25, 0.3) is 0 Å². The fourth-order valence-electron chi connectivity index (χ4n) is 5.01. The molecule has 0 spiro atoms. The van der Waals surface area contributed by atoms with Crippen molar-refractivity contribution in [3.8, 4) is 0 Å². The van der Waals surface area contributed by atoms with Crippen LogP contribution in [0.2, 0.25) is 0 Å². The second-order valence-corrected chi connectivity index (χ2v) is 8.79. The van der Waals surface area contributed by atoms with Crippen molar-refractivity contribution in [3.05, 3.63) is 0 Å². The van der Waals surface area contributed by atoms with Gasteiger partial charge < -0.3 is 10.2 Å². The Morgan fingerprint density at radius 2 is 1.27 bits per heavy atom. The summed E-state index contributed by atoms with van der Waals surface area (Å²) in [4.78, 5) is 24.5. The highest BCUT2D eigenvalue weighted by atomic mass is 16.4. The zero-order valence-electron chi connectivity index (χ0n) is 17.2. The van der Waals surface area contributed by atoms with Crippen molar-refractivity contribution in [3.63, 3.8) is 0 Å². The van der Waals surface area contributed by atoms with E-state index in [4.69, 9.17) is 0 Å². The Hall–Kier alpha value is -1.06. The average molecular weight is 369 g/mol. The number of carboxylic acid groups (broad SMARTS) is 2. The third kappa shape index (κ3) is 5.47. The van der Waals surface area contributed by atoms with E-state index in [1.54, 1.807) is 0 Å². The molecule has 0 aromatic heterocycles. The van der Waals surface area contributed by atoms with Crippen LogP contribution in [0.5, 0.6) is 0 Å². The van der Waals surface area contributed by atoms with E-state index >= 15 is 0 Å². The van der Waals surface area contributed by atoms with Gasteiger partial charge in [0.1, 0.15) is 0 Å². The predicted octanol–water partition coefficient (Wildman–Crippen LogP) is 6.28. The molecule has 4 heteroatoms. The molecule has 0 saturated heterocycles. The van der Waals surface area contributed by atoms with Gasteiger partial charge in [-0.3, -0.25) is 9.59 Å². The number of carbonyl (C=O) groups is 2. The van der Waals surface area contributed by atoms with Crippen LogP contribution in [0.1, 0.15) is 111 Å². The van der Waals surface area contributed by atoms with Gasteiger partial charge in [-0.25, -0.2) is 0 Å². The molecule has 26 heavy (non-hydrogen) atoms. The molecule has 1 rings (SSSR count). The van der Waals surface area contributed by atoms with E-state index in [0.717, 1.165) is 44.4 Å². The monoisotopic (exact) mass is 368 g/mol. The van der Waals surface area contributed by atoms with Crippen LogP contribution in [0.4, 0.5) is 0 Å². The van der Waals surface area contributed by atoms with Crippen molar-refractivity contribution >= 4 is 11.9 Å². The van der Waals surface area contributed by atoms with Crippen LogP contribution >= 0.6 is 0 Å². The summed E-state index contributed by atoms with van der Waals surface area (Å²) in [6.07, 6.45) is 12.4. The lowest BCUT2D eigenvalue weighted by Crippen LogP contribution is -2.54. The van der Waals surface area contributed by atoms with Crippen molar-refractivity contribution in [2.75, 3.05) is 0 Å². The van der Waals surface area contributed by atoms with E-state index in [-0.39, 0.29) is 0 Å². The van der Waals surface area contributed by atoms with E-state index in [9.17, 15) is 19.8 Å². The first kappa shape index (κ1) is 23.0. The topological polar surface area (TPSA) is 74.6 Å². The van der Waals surface area contributed by atoms with Gasteiger partial charge in [-0.05, 0) is 31.6 Å². The average Bonchev–Trinajstić information content (AvgIpc) is 2.58. The summed E-state index contributed by atoms with van der Waals surface area (Å²) in [6, 6.07) is 0. The van der Waals surface area contributed by atoms with Gasteiger partial charge in [0.2, 0.25) is 0 Å². The molecule has 2 atom stereocenters. The number of unbranched alkanes of at least 4 members (excludes halogenated alkanes) is 5. The summed E-state index contributed by atoms with van der Waals surface area (Å²) < 4.78 is 0. The Balaban J connectivity index is 2.64. The largest absolute Gasteiger partial charge is 0.481 e. The second kappa shape index (κ2) is 10.9. The molecule has 0 heterocycles. The molecule has 152 valence electrons. The smallest absolute Gasteiger partial charge is 0.310 e. The maximum absolute atomic E-state index is 12.3. The summed E-state index contributed by atoms with van der Waals surface area (Å²) in [5.74, 6) is -1.01. The van der Waals surface area contributed by atoms with Gasteiger partial charge in [-0.2, -0.15) is 0 Å². The highest BCUT2D eigenvalue weighted by Crippen LogP contribution is 2.56. The van der Waals surface area contributed by atoms with Gasteiger partial charge >= 0.3 is 11.9 Å². The highest BCUT2D eigenvalue weighted by molar-refractivity contribution is 5.87. The van der Waals surface area contributed by atoms with E-state index in [0.29, 0.717) is 25.7 Å². The quantitative estimate of drug-likeness (QED) is 0.375.